The zero-order chi connectivity index (χ0) is 25.1. The fourth-order valence-corrected chi connectivity index (χ4v) is 4.84. The highest BCUT2D eigenvalue weighted by Gasteiger charge is 2.34. The molecule has 4 rings (SSSR count). The number of amides is 1. The van der Waals surface area contributed by atoms with Gasteiger partial charge in [0.15, 0.2) is 17.2 Å². The molecule has 0 spiro atoms. The first-order chi connectivity index (χ1) is 16.9. The van der Waals surface area contributed by atoms with Crippen molar-refractivity contribution in [1.82, 2.24) is 4.68 Å². The molecular formula is C26H30N4O4S. The van der Waals surface area contributed by atoms with Gasteiger partial charge in [-0.05, 0) is 30.5 Å². The van der Waals surface area contributed by atoms with E-state index < -0.39 is 0 Å². The van der Waals surface area contributed by atoms with E-state index in [9.17, 15) is 4.79 Å². The second-order valence-electron chi connectivity index (χ2n) is 8.46. The van der Waals surface area contributed by atoms with Crippen molar-refractivity contribution in [3.63, 3.8) is 0 Å². The summed E-state index contributed by atoms with van der Waals surface area (Å²) in [7, 11) is 6.44. The lowest BCUT2D eigenvalue weighted by molar-refractivity contribution is -0.112. The van der Waals surface area contributed by atoms with Crippen LogP contribution in [0.1, 0.15) is 25.8 Å². The zero-order valence-electron chi connectivity index (χ0n) is 20.9. The summed E-state index contributed by atoms with van der Waals surface area (Å²) in [5.74, 6) is 1.95. The Bertz CT molecular complexity index is 1310. The Morgan fingerprint density at radius 2 is 1.71 bits per heavy atom. The largest absolute Gasteiger partial charge is 0.493 e. The van der Waals surface area contributed by atoms with Gasteiger partial charge in [0.2, 0.25) is 10.6 Å². The number of hydrogen-bond acceptors (Lipinski definition) is 7. The van der Waals surface area contributed by atoms with Crippen LogP contribution in [-0.2, 0) is 4.79 Å². The highest BCUT2D eigenvalue weighted by Crippen LogP contribution is 2.41. The molecule has 0 radical (unpaired) electrons. The molecule has 3 aromatic rings. The van der Waals surface area contributed by atoms with Crippen molar-refractivity contribution >= 4 is 28.6 Å². The number of hydrogen-bond donors (Lipinski definition) is 0. The first kappa shape index (κ1) is 24.5. The van der Waals surface area contributed by atoms with E-state index in [0.29, 0.717) is 40.2 Å². The molecule has 35 heavy (non-hydrogen) atoms. The van der Waals surface area contributed by atoms with Crippen LogP contribution in [0.2, 0.25) is 0 Å². The summed E-state index contributed by atoms with van der Waals surface area (Å²) in [6.07, 6.45) is 0.908. The molecule has 0 atom stereocenters. The predicted octanol–water partition coefficient (Wildman–Crippen LogP) is 4.42. The number of ether oxygens (including phenoxy) is 3. The number of thiazole rings is 1. The van der Waals surface area contributed by atoms with Crippen LogP contribution in [-0.4, -0.2) is 51.2 Å². The fourth-order valence-electron chi connectivity index (χ4n) is 4.04. The Kier molecular flexibility index (Phi) is 7.25. The van der Waals surface area contributed by atoms with Gasteiger partial charge in [-0.25, -0.2) is 4.68 Å². The van der Waals surface area contributed by atoms with Crippen LogP contribution in [0.15, 0.2) is 51.9 Å². The highest BCUT2D eigenvalue weighted by atomic mass is 32.1. The Morgan fingerprint density at radius 1 is 1.03 bits per heavy atom. The molecule has 1 aliphatic rings. The number of anilines is 1. The van der Waals surface area contributed by atoms with Gasteiger partial charge in [-0.2, -0.15) is 5.10 Å². The number of fused-ring (bicyclic) bond motifs is 1. The quantitative estimate of drug-likeness (QED) is 0.465. The lowest BCUT2D eigenvalue weighted by Crippen LogP contribution is -2.32. The normalized spacial score (nSPS) is 14.7. The van der Waals surface area contributed by atoms with Crippen LogP contribution in [0.3, 0.4) is 0 Å². The highest BCUT2D eigenvalue weighted by molar-refractivity contribution is 7.07. The van der Waals surface area contributed by atoms with E-state index in [1.54, 1.807) is 33.1 Å². The van der Waals surface area contributed by atoms with E-state index in [0.717, 1.165) is 28.9 Å². The van der Waals surface area contributed by atoms with Gasteiger partial charge in [0, 0.05) is 30.1 Å². The van der Waals surface area contributed by atoms with E-state index in [-0.39, 0.29) is 5.91 Å². The number of carbonyl (C=O) groups excluding carboxylic acids is 1. The molecule has 0 fully saturated rings. The van der Waals surface area contributed by atoms with Gasteiger partial charge in [0.1, 0.15) is 0 Å². The number of nitrogens with zero attached hydrogens (tertiary/aromatic N) is 4. The first-order valence-electron chi connectivity index (χ1n) is 11.4. The Hall–Kier alpha value is -3.59. The number of methoxy groups -OCH3 is 3. The molecule has 8 nitrogen and oxygen atoms in total. The van der Waals surface area contributed by atoms with Crippen molar-refractivity contribution < 1.29 is 19.0 Å². The number of rotatable bonds is 8. The third kappa shape index (κ3) is 4.55. The minimum Gasteiger partial charge on any atom is -0.493 e. The van der Waals surface area contributed by atoms with E-state index in [1.165, 1.54) is 11.3 Å². The second kappa shape index (κ2) is 10.4. The molecule has 1 amide bonds. The van der Waals surface area contributed by atoms with E-state index in [4.69, 9.17) is 19.3 Å². The SMILES string of the molecule is CN=c1scc(-c2cc(OC)c(OC)c(OC)c2)n1N=C1C(=O)N(CCC(C)C)c2ccccc21. The van der Waals surface area contributed by atoms with Crippen molar-refractivity contribution in [2.24, 2.45) is 16.0 Å². The molecular weight excluding hydrogens is 464 g/mol. The van der Waals surface area contributed by atoms with Crippen LogP contribution in [0, 0.1) is 5.92 Å². The monoisotopic (exact) mass is 494 g/mol. The van der Waals surface area contributed by atoms with Crippen LogP contribution < -0.4 is 23.9 Å². The summed E-state index contributed by atoms with van der Waals surface area (Å²) < 4.78 is 18.3. The molecule has 1 aliphatic heterocycles. The minimum absolute atomic E-state index is 0.108. The Labute approximate surface area is 209 Å². The van der Waals surface area contributed by atoms with Gasteiger partial charge >= 0.3 is 0 Å². The Balaban J connectivity index is 1.87. The van der Waals surface area contributed by atoms with Crippen LogP contribution in [0.5, 0.6) is 17.2 Å². The van der Waals surface area contributed by atoms with E-state index in [1.807, 2.05) is 46.7 Å². The van der Waals surface area contributed by atoms with Crippen molar-refractivity contribution in [3.05, 3.63) is 52.1 Å². The van der Waals surface area contributed by atoms with Crippen LogP contribution >= 0.6 is 11.3 Å². The standard InChI is InChI=1S/C26H30N4O4S/c1-16(2)11-12-29-19-10-8-7-9-18(19)23(25(29)31)28-30-20(15-35-26(30)27-3)17-13-21(32-4)24(34-6)22(14-17)33-5/h7-10,13-16H,11-12H2,1-6H3. The molecule has 9 heteroatoms. The van der Waals surface area contributed by atoms with Gasteiger partial charge in [-0.1, -0.05) is 32.0 Å². The third-order valence-electron chi connectivity index (χ3n) is 5.86. The molecule has 0 N–H and O–H groups in total. The number of para-hydroxylation sites is 1. The molecule has 0 aliphatic carbocycles. The molecule has 0 saturated carbocycles. The summed E-state index contributed by atoms with van der Waals surface area (Å²) in [5.41, 5.74) is 3.65. The topological polar surface area (TPSA) is 77.6 Å². The van der Waals surface area contributed by atoms with Crippen LogP contribution in [0.25, 0.3) is 11.3 Å². The van der Waals surface area contributed by atoms with Gasteiger partial charge in [0.05, 0.1) is 32.7 Å². The van der Waals surface area contributed by atoms with Crippen molar-refractivity contribution in [2.75, 3.05) is 39.8 Å². The van der Waals surface area contributed by atoms with Gasteiger partial charge in [-0.3, -0.25) is 9.79 Å². The molecule has 0 saturated heterocycles. The molecule has 1 aromatic heterocycles. The number of carbonyl (C=O) groups is 1. The van der Waals surface area contributed by atoms with Gasteiger partial charge in [0.25, 0.3) is 5.91 Å². The van der Waals surface area contributed by atoms with Crippen molar-refractivity contribution in [3.8, 4) is 28.5 Å². The summed E-state index contributed by atoms with van der Waals surface area (Å²) in [6.45, 7) is 4.95. The van der Waals surface area contributed by atoms with Gasteiger partial charge in [-0.15, -0.1) is 11.3 Å². The van der Waals surface area contributed by atoms with Gasteiger partial charge < -0.3 is 19.1 Å². The minimum atomic E-state index is -0.108. The maximum atomic E-state index is 13.5. The smallest absolute Gasteiger partial charge is 0.279 e. The maximum absolute atomic E-state index is 13.5. The van der Waals surface area contributed by atoms with Crippen molar-refractivity contribution in [2.45, 2.75) is 20.3 Å². The summed E-state index contributed by atoms with van der Waals surface area (Å²) in [6, 6.07) is 11.5. The lowest BCUT2D eigenvalue weighted by Gasteiger charge is -2.17. The predicted molar refractivity (Wildman–Crippen MR) is 139 cm³/mol. The average Bonchev–Trinajstić information content (AvgIpc) is 3.40. The fraction of sp³-hybridized carbons (Fsp3) is 0.346. The van der Waals surface area contributed by atoms with E-state index >= 15 is 0 Å². The zero-order valence-corrected chi connectivity index (χ0v) is 21.7. The summed E-state index contributed by atoms with van der Waals surface area (Å²) in [4.78, 5) is 20.4. The number of aromatic nitrogens is 1. The van der Waals surface area contributed by atoms with E-state index in [2.05, 4.69) is 18.8 Å². The lowest BCUT2D eigenvalue weighted by atomic mass is 10.1. The average molecular weight is 495 g/mol. The molecule has 0 unspecified atom stereocenters. The molecule has 184 valence electrons. The maximum Gasteiger partial charge on any atom is 0.279 e. The van der Waals surface area contributed by atoms with Crippen LogP contribution in [0.4, 0.5) is 5.69 Å². The van der Waals surface area contributed by atoms with Crippen molar-refractivity contribution in [1.29, 1.82) is 0 Å². The second-order valence-corrected chi connectivity index (χ2v) is 9.29. The molecule has 2 heterocycles. The number of benzene rings is 2. The Morgan fingerprint density at radius 3 is 2.31 bits per heavy atom. The first-order valence-corrected chi connectivity index (χ1v) is 12.2. The summed E-state index contributed by atoms with van der Waals surface area (Å²) >= 11 is 1.44. The molecule has 2 aromatic carbocycles. The third-order valence-corrected chi connectivity index (χ3v) is 6.77. The summed E-state index contributed by atoms with van der Waals surface area (Å²) in [5, 5.41) is 6.82. The molecule has 0 bridgehead atoms.